The number of nitrogens with one attached hydrogen (secondary N) is 3. The second-order valence-electron chi connectivity index (χ2n) is 7.35. The second kappa shape index (κ2) is 9.22. The molecule has 0 fully saturated rings. The van der Waals surface area contributed by atoms with Crippen molar-refractivity contribution in [3.8, 4) is 0 Å². The minimum absolute atomic E-state index is 0.0862. The standard InChI is InChI=1S/C23H18F3N5O3/c24-23(25,26)22-28-17-7-3-4-8-18(17)31(22)13-20(33)30-29-19(32)12-27-21(34)16-10-9-14-5-1-2-6-15(14)11-16/h1-11H,12-13H2,(H,27,34)(H,29,32)(H,30,33). The lowest BCUT2D eigenvalue weighted by molar-refractivity contribution is -0.147. The van der Waals surface area contributed by atoms with E-state index >= 15 is 0 Å². The van der Waals surface area contributed by atoms with E-state index in [2.05, 4.69) is 15.7 Å². The fraction of sp³-hybridized carbons (Fsp3) is 0.130. The number of rotatable bonds is 5. The molecule has 0 aliphatic rings. The van der Waals surface area contributed by atoms with Gasteiger partial charge in [-0.1, -0.05) is 42.5 Å². The van der Waals surface area contributed by atoms with E-state index in [9.17, 15) is 27.6 Å². The monoisotopic (exact) mass is 469 g/mol. The van der Waals surface area contributed by atoms with E-state index in [1.807, 2.05) is 29.7 Å². The maximum absolute atomic E-state index is 13.3. The molecule has 1 heterocycles. The van der Waals surface area contributed by atoms with Gasteiger partial charge in [0.15, 0.2) is 0 Å². The number of hydrogen-bond acceptors (Lipinski definition) is 4. The van der Waals surface area contributed by atoms with Crippen molar-refractivity contribution in [1.29, 1.82) is 0 Å². The van der Waals surface area contributed by atoms with E-state index in [1.165, 1.54) is 24.3 Å². The molecule has 3 N–H and O–H groups in total. The summed E-state index contributed by atoms with van der Waals surface area (Å²) in [4.78, 5) is 40.0. The Morgan fingerprint density at radius 3 is 2.29 bits per heavy atom. The summed E-state index contributed by atoms with van der Waals surface area (Å²) in [5.74, 6) is -3.37. The van der Waals surface area contributed by atoms with Crippen LogP contribution in [0.4, 0.5) is 13.2 Å². The Hall–Kier alpha value is -4.41. The van der Waals surface area contributed by atoms with Crippen LogP contribution in [-0.2, 0) is 22.3 Å². The molecule has 0 unspecified atom stereocenters. The predicted molar refractivity (Wildman–Crippen MR) is 117 cm³/mol. The van der Waals surface area contributed by atoms with Crippen LogP contribution < -0.4 is 16.2 Å². The molecule has 4 aromatic rings. The normalized spacial score (nSPS) is 11.4. The average Bonchev–Trinajstić information content (AvgIpc) is 3.20. The number of carbonyl (C=O) groups excluding carboxylic acids is 3. The molecule has 0 aliphatic heterocycles. The molecular weight excluding hydrogens is 451 g/mol. The Bertz CT molecular complexity index is 1400. The molecule has 3 aromatic carbocycles. The Kier molecular flexibility index (Phi) is 6.17. The van der Waals surface area contributed by atoms with Gasteiger partial charge >= 0.3 is 6.18 Å². The molecule has 4 rings (SSSR count). The highest BCUT2D eigenvalue weighted by Crippen LogP contribution is 2.31. The van der Waals surface area contributed by atoms with Gasteiger partial charge < -0.3 is 9.88 Å². The zero-order valence-corrected chi connectivity index (χ0v) is 17.5. The Labute approximate surface area is 190 Å². The summed E-state index contributed by atoms with van der Waals surface area (Å²) < 4.78 is 40.7. The molecule has 1 aromatic heterocycles. The van der Waals surface area contributed by atoms with Gasteiger partial charge in [-0.05, 0) is 35.0 Å². The number of para-hydroxylation sites is 2. The quantitative estimate of drug-likeness (QED) is 0.391. The molecule has 0 saturated heterocycles. The van der Waals surface area contributed by atoms with Gasteiger partial charge in [0, 0.05) is 5.56 Å². The summed E-state index contributed by atoms with van der Waals surface area (Å²) in [5.41, 5.74) is 4.67. The number of hydrazine groups is 1. The lowest BCUT2D eigenvalue weighted by atomic mass is 10.1. The Morgan fingerprint density at radius 1 is 0.853 bits per heavy atom. The van der Waals surface area contributed by atoms with Gasteiger partial charge in [-0.15, -0.1) is 0 Å². The van der Waals surface area contributed by atoms with E-state index in [0.717, 1.165) is 15.3 Å². The maximum Gasteiger partial charge on any atom is 0.449 e. The number of halogens is 3. The van der Waals surface area contributed by atoms with Crippen LogP contribution in [0.15, 0.2) is 66.7 Å². The second-order valence-corrected chi connectivity index (χ2v) is 7.35. The molecule has 0 saturated carbocycles. The van der Waals surface area contributed by atoms with E-state index in [-0.39, 0.29) is 11.0 Å². The van der Waals surface area contributed by atoms with Crippen LogP contribution >= 0.6 is 0 Å². The van der Waals surface area contributed by atoms with Crippen LogP contribution in [0.1, 0.15) is 16.2 Å². The van der Waals surface area contributed by atoms with Gasteiger partial charge in [-0.25, -0.2) is 4.98 Å². The first kappa shape index (κ1) is 22.8. The smallest absolute Gasteiger partial charge is 0.343 e. The first-order chi connectivity index (χ1) is 16.2. The zero-order valence-electron chi connectivity index (χ0n) is 17.5. The number of fused-ring (bicyclic) bond motifs is 2. The van der Waals surface area contributed by atoms with Crippen LogP contribution in [0.5, 0.6) is 0 Å². The fourth-order valence-corrected chi connectivity index (χ4v) is 3.41. The van der Waals surface area contributed by atoms with Crippen LogP contribution in [0.25, 0.3) is 21.8 Å². The van der Waals surface area contributed by atoms with Crippen molar-refractivity contribution in [2.24, 2.45) is 0 Å². The number of hydrogen-bond donors (Lipinski definition) is 3. The highest BCUT2D eigenvalue weighted by Gasteiger charge is 2.38. The largest absolute Gasteiger partial charge is 0.449 e. The number of carbonyl (C=O) groups is 3. The average molecular weight is 469 g/mol. The van der Waals surface area contributed by atoms with Crippen molar-refractivity contribution >= 4 is 39.5 Å². The highest BCUT2D eigenvalue weighted by atomic mass is 19.4. The lowest BCUT2D eigenvalue weighted by Gasteiger charge is -2.12. The van der Waals surface area contributed by atoms with Gasteiger partial charge in [0.1, 0.15) is 6.54 Å². The third kappa shape index (κ3) is 4.98. The Balaban J connectivity index is 1.33. The van der Waals surface area contributed by atoms with Crippen molar-refractivity contribution in [3.05, 3.63) is 78.1 Å². The van der Waals surface area contributed by atoms with Crippen molar-refractivity contribution in [1.82, 2.24) is 25.7 Å². The molecule has 174 valence electrons. The molecule has 3 amide bonds. The van der Waals surface area contributed by atoms with E-state index in [0.29, 0.717) is 5.56 Å². The summed E-state index contributed by atoms with van der Waals surface area (Å²) in [6.07, 6.45) is -4.77. The summed E-state index contributed by atoms with van der Waals surface area (Å²) in [7, 11) is 0. The molecule has 34 heavy (non-hydrogen) atoms. The summed E-state index contributed by atoms with van der Waals surface area (Å²) >= 11 is 0. The summed E-state index contributed by atoms with van der Waals surface area (Å²) in [6, 6.07) is 18.4. The minimum atomic E-state index is -4.77. The molecule has 11 heteroatoms. The lowest BCUT2D eigenvalue weighted by Crippen LogP contribution is -2.47. The third-order valence-electron chi connectivity index (χ3n) is 4.97. The Morgan fingerprint density at radius 2 is 1.53 bits per heavy atom. The number of nitrogens with zero attached hydrogens (tertiary/aromatic N) is 2. The zero-order chi connectivity index (χ0) is 24.3. The molecule has 0 radical (unpaired) electrons. The van der Waals surface area contributed by atoms with E-state index in [1.54, 1.807) is 18.2 Å². The van der Waals surface area contributed by atoms with Crippen molar-refractivity contribution in [3.63, 3.8) is 0 Å². The van der Waals surface area contributed by atoms with Crippen LogP contribution in [0.2, 0.25) is 0 Å². The highest BCUT2D eigenvalue weighted by molar-refractivity contribution is 6.00. The van der Waals surface area contributed by atoms with Gasteiger partial charge in [-0.2, -0.15) is 13.2 Å². The first-order valence-corrected chi connectivity index (χ1v) is 10.1. The van der Waals surface area contributed by atoms with Gasteiger partial charge in [0.25, 0.3) is 17.7 Å². The van der Waals surface area contributed by atoms with E-state index in [4.69, 9.17) is 0 Å². The molecule has 0 bridgehead atoms. The number of aromatic nitrogens is 2. The van der Waals surface area contributed by atoms with Crippen LogP contribution in [-0.4, -0.2) is 33.8 Å². The first-order valence-electron chi connectivity index (χ1n) is 10.1. The topological polar surface area (TPSA) is 105 Å². The number of imidazole rings is 1. The van der Waals surface area contributed by atoms with Crippen molar-refractivity contribution in [2.45, 2.75) is 12.7 Å². The molecule has 0 atom stereocenters. The molecule has 0 aliphatic carbocycles. The van der Waals surface area contributed by atoms with E-state index < -0.39 is 42.8 Å². The van der Waals surface area contributed by atoms with Gasteiger partial charge in [0.2, 0.25) is 5.82 Å². The number of alkyl halides is 3. The summed E-state index contributed by atoms with van der Waals surface area (Å²) in [5, 5.41) is 4.24. The maximum atomic E-state index is 13.3. The van der Waals surface area contributed by atoms with Crippen LogP contribution in [0.3, 0.4) is 0 Å². The number of amides is 3. The third-order valence-corrected chi connectivity index (χ3v) is 4.97. The fourth-order valence-electron chi connectivity index (χ4n) is 3.41. The van der Waals surface area contributed by atoms with Gasteiger partial charge in [0.05, 0.1) is 17.6 Å². The van der Waals surface area contributed by atoms with Crippen molar-refractivity contribution < 1.29 is 27.6 Å². The molecular formula is C23H18F3N5O3. The van der Waals surface area contributed by atoms with Crippen LogP contribution in [0, 0.1) is 0 Å². The summed E-state index contributed by atoms with van der Waals surface area (Å²) in [6.45, 7) is -1.17. The van der Waals surface area contributed by atoms with Gasteiger partial charge in [-0.3, -0.25) is 25.2 Å². The van der Waals surface area contributed by atoms with Crippen molar-refractivity contribution in [2.75, 3.05) is 6.54 Å². The predicted octanol–water partition coefficient (Wildman–Crippen LogP) is 2.79. The SMILES string of the molecule is O=C(CNC(=O)c1ccc2ccccc2c1)NNC(=O)Cn1c(C(F)(F)F)nc2ccccc21. The minimum Gasteiger partial charge on any atom is -0.343 e. The molecule has 8 nitrogen and oxygen atoms in total. The molecule has 0 spiro atoms. The number of benzene rings is 3.